The maximum absolute atomic E-state index is 12.3. The molecule has 0 spiro atoms. The third-order valence-corrected chi connectivity index (χ3v) is 4.33. The van der Waals surface area contributed by atoms with Crippen LogP contribution in [0.1, 0.15) is 46.5 Å². The predicted octanol–water partition coefficient (Wildman–Crippen LogP) is 1.82. The van der Waals surface area contributed by atoms with Crippen LogP contribution in [0.3, 0.4) is 0 Å². The second-order valence-electron chi connectivity index (χ2n) is 6.31. The van der Waals surface area contributed by atoms with Gasteiger partial charge in [-0.05, 0) is 45.4 Å². The van der Waals surface area contributed by atoms with Crippen molar-refractivity contribution in [3.05, 3.63) is 0 Å². The van der Waals surface area contributed by atoms with Gasteiger partial charge in [-0.15, -0.1) is 0 Å². The first-order valence-corrected chi connectivity index (χ1v) is 7.52. The van der Waals surface area contributed by atoms with Gasteiger partial charge >= 0.3 is 5.97 Å². The van der Waals surface area contributed by atoms with Crippen molar-refractivity contribution in [2.45, 2.75) is 58.5 Å². The Morgan fingerprint density at radius 1 is 1.15 bits per heavy atom. The molecule has 0 unspecified atom stereocenters. The second-order valence-corrected chi connectivity index (χ2v) is 6.31. The fraction of sp³-hybridized carbons (Fsp3) is 0.867. The molecular weight excluding hydrogens is 256 g/mol. The zero-order valence-corrected chi connectivity index (χ0v) is 13.1. The van der Waals surface area contributed by atoms with Gasteiger partial charge in [0.25, 0.3) is 0 Å². The molecule has 1 amide bonds. The molecule has 0 aliphatic heterocycles. The molecule has 0 radical (unpaired) electrons. The maximum atomic E-state index is 12.3. The summed E-state index contributed by atoms with van der Waals surface area (Å²) in [5, 5.41) is 8.90. The molecule has 1 N–H and O–H groups in total. The minimum absolute atomic E-state index is 0.0273. The lowest BCUT2D eigenvalue weighted by molar-refractivity contribution is -0.140. The van der Waals surface area contributed by atoms with Crippen LogP contribution in [-0.2, 0) is 9.59 Å². The molecule has 1 aliphatic rings. The summed E-state index contributed by atoms with van der Waals surface area (Å²) in [6.45, 7) is 6.19. The molecule has 0 heterocycles. The molecule has 1 saturated carbocycles. The van der Waals surface area contributed by atoms with Gasteiger partial charge in [0.1, 0.15) is 0 Å². The van der Waals surface area contributed by atoms with Crippen LogP contribution in [0.25, 0.3) is 0 Å². The van der Waals surface area contributed by atoms with Gasteiger partial charge in [0.2, 0.25) is 5.91 Å². The molecule has 1 fully saturated rings. The Hall–Kier alpha value is -1.10. The molecule has 0 aromatic carbocycles. The number of nitrogens with zero attached hydrogens (tertiary/aromatic N) is 2. The van der Waals surface area contributed by atoms with Crippen molar-refractivity contribution in [1.29, 1.82) is 0 Å². The average Bonchev–Trinajstić information content (AvgIpc) is 2.37. The van der Waals surface area contributed by atoms with E-state index in [9.17, 15) is 9.59 Å². The van der Waals surface area contributed by atoms with Crippen LogP contribution in [0, 0.1) is 5.92 Å². The predicted molar refractivity (Wildman–Crippen MR) is 78.5 cm³/mol. The summed E-state index contributed by atoms with van der Waals surface area (Å²) >= 11 is 0. The largest absolute Gasteiger partial charge is 0.480 e. The molecule has 0 saturated heterocycles. The summed E-state index contributed by atoms with van der Waals surface area (Å²) in [4.78, 5) is 26.7. The van der Waals surface area contributed by atoms with Crippen LogP contribution in [0.4, 0.5) is 0 Å². The Balaban J connectivity index is 2.52. The van der Waals surface area contributed by atoms with Gasteiger partial charge in [0.05, 0.1) is 13.1 Å². The highest BCUT2D eigenvalue weighted by atomic mass is 16.4. The summed E-state index contributed by atoms with van der Waals surface area (Å²) in [6, 6.07) is 0.368. The van der Waals surface area contributed by atoms with Crippen molar-refractivity contribution in [3.63, 3.8) is 0 Å². The zero-order valence-electron chi connectivity index (χ0n) is 13.1. The Kier molecular flexibility index (Phi) is 6.46. The van der Waals surface area contributed by atoms with Crippen LogP contribution in [0.5, 0.6) is 0 Å². The molecule has 1 aliphatic carbocycles. The van der Waals surface area contributed by atoms with E-state index in [0.717, 1.165) is 18.8 Å². The minimum atomic E-state index is -0.888. The van der Waals surface area contributed by atoms with Crippen LogP contribution in [0.2, 0.25) is 0 Å². The Labute approximate surface area is 121 Å². The lowest BCUT2D eigenvalue weighted by Crippen LogP contribution is -2.47. The molecule has 20 heavy (non-hydrogen) atoms. The first-order chi connectivity index (χ1) is 9.31. The summed E-state index contributed by atoms with van der Waals surface area (Å²) in [6.07, 6.45) is 4.46. The Bertz CT molecular complexity index is 336. The molecule has 1 rings (SSSR count). The van der Waals surface area contributed by atoms with E-state index in [-0.39, 0.29) is 25.0 Å². The highest BCUT2D eigenvalue weighted by Gasteiger charge is 2.26. The van der Waals surface area contributed by atoms with Gasteiger partial charge in [0, 0.05) is 19.1 Å². The Morgan fingerprint density at radius 3 is 2.15 bits per heavy atom. The quantitative estimate of drug-likeness (QED) is 0.808. The lowest BCUT2D eigenvalue weighted by atomic mass is 9.87. The number of amides is 1. The number of likely N-dealkylation sites (N-methyl/N-ethyl adjacent to an activating group) is 1. The molecule has 0 atom stereocenters. The maximum Gasteiger partial charge on any atom is 0.317 e. The summed E-state index contributed by atoms with van der Waals surface area (Å²) in [5.41, 5.74) is 0. The SMILES string of the molecule is CC1CCC(N(C)C(=O)CN(CC(=O)O)C(C)C)CC1. The zero-order chi connectivity index (χ0) is 15.3. The van der Waals surface area contributed by atoms with E-state index in [2.05, 4.69) is 6.92 Å². The van der Waals surface area contributed by atoms with E-state index < -0.39 is 5.97 Å². The van der Waals surface area contributed by atoms with Gasteiger partial charge in [-0.1, -0.05) is 6.92 Å². The van der Waals surface area contributed by atoms with E-state index in [1.807, 2.05) is 25.8 Å². The number of carboxylic acid groups (broad SMARTS) is 1. The van der Waals surface area contributed by atoms with Gasteiger partial charge < -0.3 is 10.0 Å². The molecular formula is C15H28N2O3. The standard InChI is InChI=1S/C15H28N2O3/c1-11(2)17(10-15(19)20)9-14(18)16(4)13-7-5-12(3)6-8-13/h11-13H,5-10H2,1-4H3,(H,19,20). The normalized spacial score (nSPS) is 23.1. The summed E-state index contributed by atoms with van der Waals surface area (Å²) in [7, 11) is 1.85. The van der Waals surface area contributed by atoms with E-state index in [0.29, 0.717) is 6.04 Å². The van der Waals surface area contributed by atoms with E-state index >= 15 is 0 Å². The second kappa shape index (κ2) is 7.62. The van der Waals surface area contributed by atoms with Crippen molar-refractivity contribution >= 4 is 11.9 Å². The fourth-order valence-corrected chi connectivity index (χ4v) is 2.71. The summed E-state index contributed by atoms with van der Waals surface area (Å²) in [5.74, 6) is -0.103. The molecule has 0 bridgehead atoms. The van der Waals surface area contributed by atoms with Crippen molar-refractivity contribution < 1.29 is 14.7 Å². The van der Waals surface area contributed by atoms with E-state index in [1.54, 1.807) is 4.90 Å². The molecule has 5 nitrogen and oxygen atoms in total. The number of aliphatic carboxylic acids is 1. The average molecular weight is 284 g/mol. The smallest absolute Gasteiger partial charge is 0.317 e. The monoisotopic (exact) mass is 284 g/mol. The first kappa shape index (κ1) is 17.0. The van der Waals surface area contributed by atoms with Crippen molar-refractivity contribution in [1.82, 2.24) is 9.80 Å². The van der Waals surface area contributed by atoms with E-state index in [4.69, 9.17) is 5.11 Å². The number of carboxylic acids is 1. The third-order valence-electron chi connectivity index (χ3n) is 4.33. The van der Waals surface area contributed by atoms with Crippen LogP contribution in [-0.4, -0.2) is 59.0 Å². The van der Waals surface area contributed by atoms with Crippen molar-refractivity contribution in [3.8, 4) is 0 Å². The third kappa shape index (κ3) is 5.12. The van der Waals surface area contributed by atoms with Gasteiger partial charge in [-0.3, -0.25) is 14.5 Å². The van der Waals surface area contributed by atoms with Crippen molar-refractivity contribution in [2.24, 2.45) is 5.92 Å². The number of hydrogen-bond acceptors (Lipinski definition) is 3. The number of carbonyl (C=O) groups is 2. The number of hydrogen-bond donors (Lipinski definition) is 1. The van der Waals surface area contributed by atoms with Crippen LogP contribution in [0.15, 0.2) is 0 Å². The highest BCUT2D eigenvalue weighted by Crippen LogP contribution is 2.26. The first-order valence-electron chi connectivity index (χ1n) is 7.52. The highest BCUT2D eigenvalue weighted by molar-refractivity contribution is 5.79. The molecule has 116 valence electrons. The number of rotatable bonds is 6. The van der Waals surface area contributed by atoms with Crippen molar-refractivity contribution in [2.75, 3.05) is 20.1 Å². The molecule has 5 heteroatoms. The van der Waals surface area contributed by atoms with Crippen LogP contribution >= 0.6 is 0 Å². The topological polar surface area (TPSA) is 60.9 Å². The van der Waals surface area contributed by atoms with Crippen LogP contribution < -0.4 is 0 Å². The van der Waals surface area contributed by atoms with Gasteiger partial charge in [0.15, 0.2) is 0 Å². The lowest BCUT2D eigenvalue weighted by Gasteiger charge is -2.35. The number of carbonyl (C=O) groups excluding carboxylic acids is 1. The summed E-state index contributed by atoms with van der Waals surface area (Å²) < 4.78 is 0. The fourth-order valence-electron chi connectivity index (χ4n) is 2.71. The van der Waals surface area contributed by atoms with Gasteiger partial charge in [-0.25, -0.2) is 0 Å². The Morgan fingerprint density at radius 2 is 1.70 bits per heavy atom. The van der Waals surface area contributed by atoms with Gasteiger partial charge in [-0.2, -0.15) is 0 Å². The minimum Gasteiger partial charge on any atom is -0.480 e. The molecule has 0 aromatic heterocycles. The van der Waals surface area contributed by atoms with E-state index in [1.165, 1.54) is 12.8 Å². The molecule has 0 aromatic rings.